The van der Waals surface area contributed by atoms with Crippen LogP contribution in [0.2, 0.25) is 0 Å². The third-order valence-electron chi connectivity index (χ3n) is 5.60. The number of benzene rings is 1. The van der Waals surface area contributed by atoms with Gasteiger partial charge in [-0.1, -0.05) is 30.3 Å². The van der Waals surface area contributed by atoms with Crippen molar-refractivity contribution in [2.75, 3.05) is 19.7 Å². The molecule has 0 aromatic heterocycles. The maximum Gasteiger partial charge on any atom is 0.328 e. The van der Waals surface area contributed by atoms with Crippen LogP contribution in [0.5, 0.6) is 0 Å². The fourth-order valence-electron chi connectivity index (χ4n) is 4.01. The number of carbonyl (C=O) groups is 2. The molecule has 1 N–H and O–H groups in total. The molecule has 25 heavy (non-hydrogen) atoms. The summed E-state index contributed by atoms with van der Waals surface area (Å²) in [5.74, 6) is -0.984. The highest BCUT2D eigenvalue weighted by atomic mass is 16.5. The molecular formula is C19H24N2O4. The second-order valence-electron chi connectivity index (χ2n) is 7.36. The van der Waals surface area contributed by atoms with Gasteiger partial charge in [-0.2, -0.15) is 0 Å². The van der Waals surface area contributed by atoms with Crippen LogP contribution < -0.4 is 0 Å². The number of hydrogen-bond acceptors (Lipinski definition) is 4. The summed E-state index contributed by atoms with van der Waals surface area (Å²) in [7, 11) is 0. The number of aliphatic carboxylic acids is 1. The van der Waals surface area contributed by atoms with E-state index >= 15 is 0 Å². The maximum atomic E-state index is 12.7. The topological polar surface area (TPSA) is 70.1 Å². The lowest BCUT2D eigenvalue weighted by Gasteiger charge is -2.44. The zero-order valence-electron chi connectivity index (χ0n) is 14.3. The maximum absolute atomic E-state index is 12.7. The molecule has 1 aromatic carbocycles. The minimum atomic E-state index is -0.961. The van der Waals surface area contributed by atoms with Crippen LogP contribution in [-0.2, 0) is 20.9 Å². The molecule has 2 saturated heterocycles. The van der Waals surface area contributed by atoms with E-state index in [2.05, 4.69) is 17.0 Å². The van der Waals surface area contributed by atoms with Gasteiger partial charge in [-0.05, 0) is 18.4 Å². The number of amides is 1. The largest absolute Gasteiger partial charge is 0.480 e. The molecule has 0 radical (unpaired) electrons. The Morgan fingerprint density at radius 3 is 2.44 bits per heavy atom. The molecule has 2 aliphatic heterocycles. The van der Waals surface area contributed by atoms with Crippen molar-refractivity contribution in [3.05, 3.63) is 35.9 Å². The minimum Gasteiger partial charge on any atom is -0.480 e. The highest BCUT2D eigenvalue weighted by Crippen LogP contribution is 2.42. The Hall–Kier alpha value is -1.92. The SMILES string of the molecule is O=C(O)C1COC2(CCN(Cc3ccccc3)CC2)N1C(=O)C1CC1. The third kappa shape index (κ3) is 3.16. The Labute approximate surface area is 147 Å². The third-order valence-corrected chi connectivity index (χ3v) is 5.60. The van der Waals surface area contributed by atoms with E-state index in [1.54, 1.807) is 4.90 Å². The Balaban J connectivity index is 1.46. The summed E-state index contributed by atoms with van der Waals surface area (Å²) in [6, 6.07) is 9.46. The Bertz CT molecular complexity index is 651. The lowest BCUT2D eigenvalue weighted by atomic mass is 9.96. The molecular weight excluding hydrogens is 320 g/mol. The molecule has 6 heteroatoms. The van der Waals surface area contributed by atoms with Gasteiger partial charge >= 0.3 is 5.97 Å². The lowest BCUT2D eigenvalue weighted by Crippen LogP contribution is -2.58. The molecule has 134 valence electrons. The van der Waals surface area contributed by atoms with Crippen molar-refractivity contribution < 1.29 is 19.4 Å². The molecule has 3 fully saturated rings. The highest BCUT2D eigenvalue weighted by molar-refractivity contribution is 5.87. The van der Waals surface area contributed by atoms with Crippen LogP contribution in [0.25, 0.3) is 0 Å². The van der Waals surface area contributed by atoms with Crippen molar-refractivity contribution in [3.8, 4) is 0 Å². The van der Waals surface area contributed by atoms with E-state index in [4.69, 9.17) is 4.74 Å². The molecule has 1 atom stereocenters. The van der Waals surface area contributed by atoms with Gasteiger partial charge in [0.25, 0.3) is 0 Å². The lowest BCUT2D eigenvalue weighted by molar-refractivity contribution is -0.167. The molecule has 2 heterocycles. The van der Waals surface area contributed by atoms with Gasteiger partial charge in [0.2, 0.25) is 5.91 Å². The van der Waals surface area contributed by atoms with Gasteiger partial charge in [-0.25, -0.2) is 4.79 Å². The van der Waals surface area contributed by atoms with E-state index in [1.807, 2.05) is 18.2 Å². The van der Waals surface area contributed by atoms with E-state index in [9.17, 15) is 14.7 Å². The number of carboxylic acid groups (broad SMARTS) is 1. The Morgan fingerprint density at radius 1 is 1.16 bits per heavy atom. The molecule has 1 aromatic rings. The molecule has 6 nitrogen and oxygen atoms in total. The number of likely N-dealkylation sites (tertiary alicyclic amines) is 1. The summed E-state index contributed by atoms with van der Waals surface area (Å²) >= 11 is 0. The van der Waals surface area contributed by atoms with E-state index in [1.165, 1.54) is 5.56 Å². The molecule has 1 aliphatic carbocycles. The second kappa shape index (κ2) is 6.42. The van der Waals surface area contributed by atoms with Crippen molar-refractivity contribution in [1.82, 2.24) is 9.80 Å². The molecule has 1 saturated carbocycles. The number of rotatable bonds is 4. The van der Waals surface area contributed by atoms with Crippen LogP contribution in [0.3, 0.4) is 0 Å². The van der Waals surface area contributed by atoms with Gasteiger partial charge in [-0.15, -0.1) is 0 Å². The molecule has 0 bridgehead atoms. The normalized spacial score (nSPS) is 26.1. The van der Waals surface area contributed by atoms with E-state index in [0.29, 0.717) is 12.8 Å². The van der Waals surface area contributed by atoms with Gasteiger partial charge in [0.05, 0.1) is 6.61 Å². The fourth-order valence-corrected chi connectivity index (χ4v) is 4.01. The van der Waals surface area contributed by atoms with Crippen LogP contribution in [0.15, 0.2) is 30.3 Å². The van der Waals surface area contributed by atoms with Crippen LogP contribution in [0.1, 0.15) is 31.2 Å². The second-order valence-corrected chi connectivity index (χ2v) is 7.36. The zero-order chi connectivity index (χ0) is 17.4. The summed E-state index contributed by atoms with van der Waals surface area (Å²) in [6.45, 7) is 2.58. The van der Waals surface area contributed by atoms with Crippen molar-refractivity contribution in [3.63, 3.8) is 0 Å². The van der Waals surface area contributed by atoms with Crippen molar-refractivity contribution in [2.45, 2.75) is 44.0 Å². The fraction of sp³-hybridized carbons (Fsp3) is 0.579. The van der Waals surface area contributed by atoms with E-state index in [0.717, 1.165) is 32.5 Å². The van der Waals surface area contributed by atoms with Crippen LogP contribution in [0.4, 0.5) is 0 Å². The van der Waals surface area contributed by atoms with Crippen LogP contribution in [0, 0.1) is 5.92 Å². The molecule has 3 aliphatic rings. The number of hydrogen-bond donors (Lipinski definition) is 1. The summed E-state index contributed by atoms with van der Waals surface area (Å²) in [5, 5.41) is 9.51. The Kier molecular flexibility index (Phi) is 4.25. The first-order valence-corrected chi connectivity index (χ1v) is 9.05. The van der Waals surface area contributed by atoms with Crippen molar-refractivity contribution >= 4 is 11.9 Å². The van der Waals surface area contributed by atoms with Gasteiger partial charge in [0, 0.05) is 38.4 Å². The summed E-state index contributed by atoms with van der Waals surface area (Å²) in [4.78, 5) is 28.3. The number of carboxylic acids is 1. The standard InChI is InChI=1S/C19H24N2O4/c22-17(15-6-7-15)21-16(18(23)24)13-25-19(21)8-10-20(11-9-19)12-14-4-2-1-3-5-14/h1-5,15-16H,6-13H2,(H,23,24). The Morgan fingerprint density at radius 2 is 1.84 bits per heavy atom. The van der Waals surface area contributed by atoms with Gasteiger partial charge in [0.15, 0.2) is 6.04 Å². The smallest absolute Gasteiger partial charge is 0.328 e. The van der Waals surface area contributed by atoms with Crippen molar-refractivity contribution in [2.24, 2.45) is 5.92 Å². The predicted molar refractivity (Wildman–Crippen MR) is 90.6 cm³/mol. The average Bonchev–Trinajstić information content (AvgIpc) is 3.40. The molecule has 1 unspecified atom stereocenters. The van der Waals surface area contributed by atoms with Gasteiger partial charge < -0.3 is 9.84 Å². The average molecular weight is 344 g/mol. The number of piperidine rings is 1. The summed E-state index contributed by atoms with van der Waals surface area (Å²) in [5.41, 5.74) is 0.538. The van der Waals surface area contributed by atoms with Crippen LogP contribution in [-0.4, -0.2) is 58.2 Å². The van der Waals surface area contributed by atoms with Gasteiger partial charge in [-0.3, -0.25) is 14.6 Å². The zero-order valence-corrected chi connectivity index (χ0v) is 14.3. The summed E-state index contributed by atoms with van der Waals surface area (Å²) in [6.07, 6.45) is 3.08. The molecule has 4 rings (SSSR count). The first-order valence-electron chi connectivity index (χ1n) is 9.05. The molecule has 1 amide bonds. The van der Waals surface area contributed by atoms with Crippen molar-refractivity contribution in [1.29, 1.82) is 0 Å². The first-order chi connectivity index (χ1) is 12.1. The van der Waals surface area contributed by atoms with Crippen LogP contribution >= 0.6 is 0 Å². The van der Waals surface area contributed by atoms with Gasteiger partial charge in [0.1, 0.15) is 5.72 Å². The van der Waals surface area contributed by atoms with E-state index in [-0.39, 0.29) is 18.4 Å². The monoisotopic (exact) mass is 344 g/mol. The quantitative estimate of drug-likeness (QED) is 0.900. The predicted octanol–water partition coefficient (Wildman–Crippen LogP) is 1.70. The number of ether oxygens (including phenoxy) is 1. The van der Waals surface area contributed by atoms with E-state index < -0.39 is 17.7 Å². The number of carbonyl (C=O) groups excluding carboxylic acids is 1. The molecule has 1 spiro atoms. The first kappa shape index (κ1) is 16.5. The highest BCUT2D eigenvalue weighted by Gasteiger charge is 2.55. The minimum absolute atomic E-state index is 0.00257. The number of nitrogens with zero attached hydrogens (tertiary/aromatic N) is 2. The summed E-state index contributed by atoms with van der Waals surface area (Å²) < 4.78 is 5.96.